The molecule has 2 saturated heterocycles. The molecule has 17 heavy (non-hydrogen) atoms. The van der Waals surface area contributed by atoms with Crippen molar-refractivity contribution in [2.75, 3.05) is 5.73 Å². The average molecular weight is 232 g/mol. The van der Waals surface area contributed by atoms with Gasteiger partial charge in [-0.15, -0.1) is 0 Å². The predicted molar refractivity (Wildman–Crippen MR) is 64.6 cm³/mol. The first kappa shape index (κ1) is 10.6. The van der Waals surface area contributed by atoms with Gasteiger partial charge in [0.1, 0.15) is 0 Å². The van der Waals surface area contributed by atoms with Crippen LogP contribution in [-0.4, -0.2) is 24.2 Å². The first-order chi connectivity index (χ1) is 8.24. The van der Waals surface area contributed by atoms with Gasteiger partial charge in [-0.1, -0.05) is 12.1 Å². The number of amides is 1. The number of hydrogen-bond acceptors (Lipinski definition) is 3. The third-order valence-corrected chi connectivity index (χ3v) is 3.63. The van der Waals surface area contributed by atoms with Gasteiger partial charge in [-0.05, 0) is 31.4 Å². The van der Waals surface area contributed by atoms with Crippen molar-refractivity contribution < 1.29 is 9.53 Å². The molecule has 4 heteroatoms. The smallest absolute Gasteiger partial charge is 0.253 e. The summed E-state index contributed by atoms with van der Waals surface area (Å²) in [6, 6.07) is 7.29. The van der Waals surface area contributed by atoms with Gasteiger partial charge in [-0.3, -0.25) is 4.79 Å². The molecule has 2 aliphatic heterocycles. The van der Waals surface area contributed by atoms with Crippen LogP contribution < -0.4 is 11.1 Å². The molecule has 0 aliphatic carbocycles. The molecule has 1 aromatic rings. The Labute approximate surface area is 100 Å². The molecule has 0 saturated carbocycles. The summed E-state index contributed by atoms with van der Waals surface area (Å²) in [5, 5.41) is 3.02. The van der Waals surface area contributed by atoms with Crippen molar-refractivity contribution in [3.05, 3.63) is 29.8 Å². The van der Waals surface area contributed by atoms with Crippen LogP contribution in [0.25, 0.3) is 0 Å². The molecule has 2 heterocycles. The standard InChI is InChI=1S/C13H16N2O2/c14-10-4-2-1-3-9(10)13(16)15-11-7-8-5-6-12(11)17-8/h1-4,8,11-12H,5-7,14H2,(H,15,16). The van der Waals surface area contributed by atoms with Crippen LogP contribution in [0.3, 0.4) is 0 Å². The number of fused-ring (bicyclic) bond motifs is 2. The number of carbonyl (C=O) groups is 1. The maximum atomic E-state index is 12.1. The Balaban J connectivity index is 1.70. The molecule has 90 valence electrons. The molecule has 0 aromatic heterocycles. The van der Waals surface area contributed by atoms with Crippen LogP contribution in [-0.2, 0) is 4.74 Å². The molecular formula is C13H16N2O2. The lowest BCUT2D eigenvalue weighted by Gasteiger charge is -2.20. The van der Waals surface area contributed by atoms with Crippen LogP contribution in [0.2, 0.25) is 0 Å². The third kappa shape index (κ3) is 1.89. The molecule has 3 unspecified atom stereocenters. The minimum atomic E-state index is -0.0933. The van der Waals surface area contributed by atoms with Crippen LogP contribution >= 0.6 is 0 Å². The number of anilines is 1. The van der Waals surface area contributed by atoms with Crippen molar-refractivity contribution in [1.82, 2.24) is 5.32 Å². The first-order valence-corrected chi connectivity index (χ1v) is 6.05. The SMILES string of the molecule is Nc1ccccc1C(=O)NC1CC2CCC1O2. The Bertz CT molecular complexity index is 447. The zero-order chi connectivity index (χ0) is 11.8. The van der Waals surface area contributed by atoms with Crippen molar-refractivity contribution in [3.63, 3.8) is 0 Å². The van der Waals surface area contributed by atoms with Gasteiger partial charge in [0.2, 0.25) is 0 Å². The van der Waals surface area contributed by atoms with E-state index in [1.165, 1.54) is 0 Å². The van der Waals surface area contributed by atoms with Crippen molar-refractivity contribution in [1.29, 1.82) is 0 Å². The number of rotatable bonds is 2. The average Bonchev–Trinajstić information content (AvgIpc) is 2.91. The summed E-state index contributed by atoms with van der Waals surface area (Å²) in [7, 11) is 0. The Kier molecular flexibility index (Phi) is 2.52. The molecular weight excluding hydrogens is 216 g/mol. The fourth-order valence-electron chi connectivity index (χ4n) is 2.74. The molecule has 3 N–H and O–H groups in total. The number of nitrogen functional groups attached to an aromatic ring is 1. The van der Waals surface area contributed by atoms with E-state index in [-0.39, 0.29) is 18.1 Å². The van der Waals surface area contributed by atoms with E-state index in [0.717, 1.165) is 19.3 Å². The van der Waals surface area contributed by atoms with Crippen LogP contribution in [0.1, 0.15) is 29.6 Å². The maximum absolute atomic E-state index is 12.1. The Hall–Kier alpha value is -1.55. The third-order valence-electron chi connectivity index (χ3n) is 3.63. The summed E-state index contributed by atoms with van der Waals surface area (Å²) in [5.74, 6) is -0.0933. The summed E-state index contributed by atoms with van der Waals surface area (Å²) in [4.78, 5) is 12.1. The second-order valence-electron chi connectivity index (χ2n) is 4.78. The van der Waals surface area contributed by atoms with E-state index in [1.807, 2.05) is 12.1 Å². The largest absolute Gasteiger partial charge is 0.398 e. The zero-order valence-electron chi connectivity index (χ0n) is 9.56. The quantitative estimate of drug-likeness (QED) is 0.756. The topological polar surface area (TPSA) is 64.4 Å². The van der Waals surface area contributed by atoms with Crippen LogP contribution in [0.15, 0.2) is 24.3 Å². The molecule has 3 rings (SSSR count). The van der Waals surface area contributed by atoms with Crippen molar-refractivity contribution in [3.8, 4) is 0 Å². The fraction of sp³-hybridized carbons (Fsp3) is 0.462. The van der Waals surface area contributed by atoms with Crippen LogP contribution in [0.5, 0.6) is 0 Å². The monoisotopic (exact) mass is 232 g/mol. The van der Waals surface area contributed by atoms with E-state index < -0.39 is 0 Å². The zero-order valence-corrected chi connectivity index (χ0v) is 9.56. The highest BCUT2D eigenvalue weighted by molar-refractivity contribution is 5.99. The number of carbonyl (C=O) groups excluding carboxylic acids is 1. The van der Waals surface area contributed by atoms with E-state index >= 15 is 0 Å². The molecule has 1 aromatic carbocycles. The summed E-state index contributed by atoms with van der Waals surface area (Å²) in [6.45, 7) is 0. The first-order valence-electron chi connectivity index (χ1n) is 6.05. The van der Waals surface area contributed by atoms with Crippen LogP contribution in [0, 0.1) is 0 Å². The second kappa shape index (κ2) is 4.04. The van der Waals surface area contributed by atoms with E-state index in [1.54, 1.807) is 12.1 Å². The number of hydrogen-bond donors (Lipinski definition) is 2. The van der Waals surface area contributed by atoms with Gasteiger partial charge in [0.05, 0.1) is 23.8 Å². The van der Waals surface area contributed by atoms with E-state index in [4.69, 9.17) is 10.5 Å². The molecule has 1 amide bonds. The van der Waals surface area contributed by atoms with E-state index in [2.05, 4.69) is 5.32 Å². The molecule has 3 atom stereocenters. The van der Waals surface area contributed by atoms with Crippen LogP contribution in [0.4, 0.5) is 5.69 Å². The molecule has 0 radical (unpaired) electrons. The lowest BCUT2D eigenvalue weighted by molar-refractivity contribution is 0.0841. The minimum Gasteiger partial charge on any atom is -0.398 e. The summed E-state index contributed by atoms with van der Waals surface area (Å²) < 4.78 is 5.71. The van der Waals surface area contributed by atoms with Gasteiger partial charge < -0.3 is 15.8 Å². The summed E-state index contributed by atoms with van der Waals surface area (Å²) >= 11 is 0. The fourth-order valence-corrected chi connectivity index (χ4v) is 2.74. The van der Waals surface area contributed by atoms with Gasteiger partial charge >= 0.3 is 0 Å². The lowest BCUT2D eigenvalue weighted by atomic mass is 9.95. The van der Waals surface area contributed by atoms with E-state index in [9.17, 15) is 4.79 Å². The highest BCUT2D eigenvalue weighted by Gasteiger charge is 2.41. The van der Waals surface area contributed by atoms with Gasteiger partial charge in [-0.2, -0.15) is 0 Å². The van der Waals surface area contributed by atoms with Gasteiger partial charge in [0.15, 0.2) is 0 Å². The van der Waals surface area contributed by atoms with Crippen molar-refractivity contribution >= 4 is 11.6 Å². The van der Waals surface area contributed by atoms with Gasteiger partial charge in [-0.25, -0.2) is 0 Å². The predicted octanol–water partition coefficient (Wildman–Crippen LogP) is 1.32. The Morgan fingerprint density at radius 3 is 2.82 bits per heavy atom. The Morgan fingerprint density at radius 1 is 1.35 bits per heavy atom. The summed E-state index contributed by atoms with van der Waals surface area (Å²) in [5.41, 5.74) is 6.85. The van der Waals surface area contributed by atoms with Crippen molar-refractivity contribution in [2.45, 2.75) is 37.5 Å². The number of nitrogens with one attached hydrogen (secondary N) is 1. The summed E-state index contributed by atoms with van der Waals surface area (Å²) in [6.07, 6.45) is 3.67. The number of benzene rings is 1. The highest BCUT2D eigenvalue weighted by atomic mass is 16.5. The number of para-hydroxylation sites is 1. The number of ether oxygens (including phenoxy) is 1. The molecule has 2 fully saturated rings. The molecule has 0 spiro atoms. The van der Waals surface area contributed by atoms with Gasteiger partial charge in [0.25, 0.3) is 5.91 Å². The van der Waals surface area contributed by atoms with Gasteiger partial charge in [0, 0.05) is 5.69 Å². The maximum Gasteiger partial charge on any atom is 0.253 e. The second-order valence-corrected chi connectivity index (χ2v) is 4.78. The molecule has 2 aliphatic rings. The molecule has 4 nitrogen and oxygen atoms in total. The lowest BCUT2D eigenvalue weighted by Crippen LogP contribution is -2.41. The Morgan fingerprint density at radius 2 is 2.18 bits per heavy atom. The normalized spacial score (nSPS) is 30.5. The van der Waals surface area contributed by atoms with E-state index in [0.29, 0.717) is 17.4 Å². The number of nitrogens with two attached hydrogens (primary N) is 1. The van der Waals surface area contributed by atoms with Crippen molar-refractivity contribution in [2.24, 2.45) is 0 Å². The molecule has 2 bridgehead atoms. The highest BCUT2D eigenvalue weighted by Crippen LogP contribution is 2.34. The minimum absolute atomic E-state index is 0.0933.